The first-order valence-electron chi connectivity index (χ1n) is 7.69. The van der Waals surface area contributed by atoms with Gasteiger partial charge >= 0.3 is 5.97 Å². The van der Waals surface area contributed by atoms with Crippen molar-refractivity contribution in [3.63, 3.8) is 0 Å². The Hall–Kier alpha value is -2.19. The van der Waals surface area contributed by atoms with Gasteiger partial charge in [-0.2, -0.15) is 0 Å². The summed E-state index contributed by atoms with van der Waals surface area (Å²) >= 11 is 6.94. The summed E-state index contributed by atoms with van der Waals surface area (Å²) in [4.78, 5) is 37.3. The molecule has 1 fully saturated rings. The molecule has 0 radical (unpaired) electrons. The van der Waals surface area contributed by atoms with E-state index < -0.39 is 23.2 Å². The highest BCUT2D eigenvalue weighted by molar-refractivity contribution is 8.18. The molecule has 0 aliphatic carbocycles. The topological polar surface area (TPSA) is 82.1 Å². The molecule has 140 valence electrons. The fraction of sp³-hybridized carbons (Fsp3) is 0.353. The number of hydrogen-bond donors (Lipinski definition) is 0. The molecule has 1 heterocycles. The van der Waals surface area contributed by atoms with Gasteiger partial charge in [-0.25, -0.2) is 4.79 Å². The predicted molar refractivity (Wildman–Crippen MR) is 98.5 cm³/mol. The lowest BCUT2D eigenvalue weighted by Gasteiger charge is -2.18. The molecule has 0 aromatic heterocycles. The van der Waals surface area contributed by atoms with Crippen molar-refractivity contribution in [3.05, 3.63) is 27.6 Å². The summed E-state index contributed by atoms with van der Waals surface area (Å²) in [6.07, 6.45) is 1.52. The van der Waals surface area contributed by atoms with E-state index in [0.717, 1.165) is 16.7 Å². The van der Waals surface area contributed by atoms with Crippen molar-refractivity contribution in [3.8, 4) is 11.5 Å². The number of esters is 1. The number of carbonyl (C=O) groups excluding carboxylic acids is 3. The Kier molecular flexibility index (Phi) is 6.55. The summed E-state index contributed by atoms with van der Waals surface area (Å²) in [5.41, 5.74) is 0.565. The summed E-state index contributed by atoms with van der Waals surface area (Å²) in [5, 5.41) is -0.226. The quantitative estimate of drug-likeness (QED) is 0.535. The minimum atomic E-state index is -1.00. The second-order valence-electron chi connectivity index (χ2n) is 5.22. The summed E-state index contributed by atoms with van der Waals surface area (Å²) in [5.74, 6) is -0.420. The van der Waals surface area contributed by atoms with Gasteiger partial charge in [-0.05, 0) is 49.4 Å². The second kappa shape index (κ2) is 8.46. The molecule has 1 saturated heterocycles. The molecule has 0 spiro atoms. The second-order valence-corrected chi connectivity index (χ2v) is 6.62. The van der Waals surface area contributed by atoms with Crippen LogP contribution in [0.4, 0.5) is 4.79 Å². The summed E-state index contributed by atoms with van der Waals surface area (Å²) in [6.45, 7) is 3.66. The number of nitrogens with zero attached hydrogens (tertiary/aromatic N) is 1. The van der Waals surface area contributed by atoms with Crippen LogP contribution < -0.4 is 9.47 Å². The molecule has 7 nitrogen and oxygen atoms in total. The zero-order valence-corrected chi connectivity index (χ0v) is 16.3. The van der Waals surface area contributed by atoms with Gasteiger partial charge in [0, 0.05) is 0 Å². The average molecular weight is 400 g/mol. The van der Waals surface area contributed by atoms with Crippen molar-refractivity contribution < 1.29 is 28.6 Å². The van der Waals surface area contributed by atoms with E-state index in [4.69, 9.17) is 21.1 Å². The van der Waals surface area contributed by atoms with Gasteiger partial charge < -0.3 is 14.2 Å². The summed E-state index contributed by atoms with van der Waals surface area (Å²) < 4.78 is 15.3. The maximum atomic E-state index is 12.5. The molecule has 0 bridgehead atoms. The van der Waals surface area contributed by atoms with Crippen molar-refractivity contribution in [2.24, 2.45) is 0 Å². The molecule has 0 unspecified atom stereocenters. The number of methoxy groups -OCH3 is 2. The highest BCUT2D eigenvalue weighted by Gasteiger charge is 2.41. The third-order valence-corrected chi connectivity index (χ3v) is 4.75. The first-order valence-corrected chi connectivity index (χ1v) is 8.88. The Balaban J connectivity index is 2.37. The predicted octanol–water partition coefficient (Wildman–Crippen LogP) is 3.35. The zero-order chi connectivity index (χ0) is 19.4. The molecule has 1 aliphatic rings. The van der Waals surface area contributed by atoms with E-state index >= 15 is 0 Å². The van der Waals surface area contributed by atoms with E-state index in [1.807, 2.05) is 6.92 Å². The molecule has 0 N–H and O–H groups in total. The van der Waals surface area contributed by atoms with Gasteiger partial charge in [0.05, 0.1) is 30.8 Å². The van der Waals surface area contributed by atoms with Crippen molar-refractivity contribution in [1.29, 1.82) is 0 Å². The van der Waals surface area contributed by atoms with E-state index in [1.165, 1.54) is 27.2 Å². The molecule has 1 aromatic rings. The smallest absolute Gasteiger partial charge is 0.328 e. The van der Waals surface area contributed by atoms with Gasteiger partial charge in [-0.15, -0.1) is 0 Å². The Morgan fingerprint density at radius 2 is 2.04 bits per heavy atom. The van der Waals surface area contributed by atoms with Crippen LogP contribution in [0.2, 0.25) is 5.02 Å². The molecule has 2 rings (SSSR count). The highest BCUT2D eigenvalue weighted by Crippen LogP contribution is 2.39. The van der Waals surface area contributed by atoms with Gasteiger partial charge in [0.1, 0.15) is 6.04 Å². The van der Waals surface area contributed by atoms with E-state index in [1.54, 1.807) is 12.1 Å². The normalized spacial score (nSPS) is 16.8. The Labute approximate surface area is 160 Å². The number of imide groups is 1. The minimum Gasteiger partial charge on any atom is -0.491 e. The Bertz CT molecular complexity index is 779. The van der Waals surface area contributed by atoms with Crippen LogP contribution in [0.15, 0.2) is 17.0 Å². The van der Waals surface area contributed by atoms with Crippen LogP contribution in [0.5, 0.6) is 11.5 Å². The maximum absolute atomic E-state index is 12.5. The van der Waals surface area contributed by atoms with E-state index in [9.17, 15) is 14.4 Å². The fourth-order valence-electron chi connectivity index (χ4n) is 2.37. The van der Waals surface area contributed by atoms with Crippen LogP contribution in [0.1, 0.15) is 19.4 Å². The fourth-order valence-corrected chi connectivity index (χ4v) is 3.58. The molecular weight excluding hydrogens is 382 g/mol. The van der Waals surface area contributed by atoms with Crippen LogP contribution in [0.25, 0.3) is 6.08 Å². The lowest BCUT2D eigenvalue weighted by molar-refractivity contribution is -0.148. The Morgan fingerprint density at radius 3 is 2.62 bits per heavy atom. The SMILES string of the molecule is CCOc1cc(/C=C2\SC(=O)N([C@H](C)C(=O)OC)C2=O)cc(Cl)c1OC. The maximum Gasteiger partial charge on any atom is 0.328 e. The van der Waals surface area contributed by atoms with Gasteiger partial charge in [0.2, 0.25) is 0 Å². The number of carbonyl (C=O) groups is 3. The molecule has 9 heteroatoms. The zero-order valence-electron chi connectivity index (χ0n) is 14.7. The number of ether oxygens (including phenoxy) is 3. The molecule has 26 heavy (non-hydrogen) atoms. The largest absolute Gasteiger partial charge is 0.491 e. The van der Waals surface area contributed by atoms with Crippen molar-refractivity contribution in [2.45, 2.75) is 19.9 Å². The summed E-state index contributed by atoms with van der Waals surface area (Å²) in [6, 6.07) is 2.25. The first kappa shape index (κ1) is 20.1. The van der Waals surface area contributed by atoms with E-state index in [2.05, 4.69) is 4.74 Å². The highest BCUT2D eigenvalue weighted by atomic mass is 35.5. The van der Waals surface area contributed by atoms with E-state index in [-0.39, 0.29) is 4.91 Å². The van der Waals surface area contributed by atoms with Crippen LogP contribution in [-0.2, 0) is 14.3 Å². The van der Waals surface area contributed by atoms with Crippen LogP contribution >= 0.6 is 23.4 Å². The number of hydrogen-bond acceptors (Lipinski definition) is 7. The minimum absolute atomic E-state index is 0.175. The number of benzene rings is 1. The third-order valence-electron chi connectivity index (χ3n) is 3.59. The van der Waals surface area contributed by atoms with Gasteiger partial charge in [0.25, 0.3) is 11.1 Å². The molecule has 0 saturated carbocycles. The first-order chi connectivity index (χ1) is 12.3. The standard InChI is InChI=1S/C17H18ClNO6S/c1-5-25-12-7-10(6-11(18)14(12)23-3)8-13-15(20)19(17(22)26-13)9(2)16(21)24-4/h6-9H,5H2,1-4H3/b13-8-/t9-/m1/s1. The van der Waals surface area contributed by atoms with Crippen molar-refractivity contribution in [1.82, 2.24) is 4.90 Å². The monoisotopic (exact) mass is 399 g/mol. The van der Waals surface area contributed by atoms with Crippen molar-refractivity contribution >= 4 is 46.6 Å². The Morgan fingerprint density at radius 1 is 1.35 bits per heavy atom. The lowest BCUT2D eigenvalue weighted by atomic mass is 10.1. The average Bonchev–Trinajstić information content (AvgIpc) is 2.87. The van der Waals surface area contributed by atoms with Crippen LogP contribution in [-0.4, -0.2) is 48.9 Å². The molecule has 1 atom stereocenters. The van der Waals surface area contributed by atoms with Crippen molar-refractivity contribution in [2.75, 3.05) is 20.8 Å². The van der Waals surface area contributed by atoms with Gasteiger partial charge in [0.15, 0.2) is 11.5 Å². The van der Waals surface area contributed by atoms with Gasteiger partial charge in [-0.3, -0.25) is 14.5 Å². The van der Waals surface area contributed by atoms with Crippen LogP contribution in [0, 0.1) is 0 Å². The number of amides is 2. The number of thioether (sulfide) groups is 1. The lowest BCUT2D eigenvalue weighted by Crippen LogP contribution is -2.42. The molecular formula is C17H18ClNO6S. The third kappa shape index (κ3) is 3.96. The number of halogens is 1. The van der Waals surface area contributed by atoms with E-state index in [0.29, 0.717) is 28.7 Å². The molecule has 2 amide bonds. The molecule has 1 aromatic carbocycles. The molecule has 1 aliphatic heterocycles. The van der Waals surface area contributed by atoms with Crippen LogP contribution in [0.3, 0.4) is 0 Å². The summed E-state index contributed by atoms with van der Waals surface area (Å²) in [7, 11) is 2.67. The van der Waals surface area contributed by atoms with Gasteiger partial charge in [-0.1, -0.05) is 11.6 Å². The number of rotatable bonds is 6.